The van der Waals surface area contributed by atoms with Crippen molar-refractivity contribution in [3.63, 3.8) is 0 Å². The summed E-state index contributed by atoms with van der Waals surface area (Å²) in [4.78, 5) is 11.9. The number of rotatable bonds is 6. The Morgan fingerprint density at radius 2 is 1.85 bits per heavy atom. The molecule has 6 heteroatoms. The Kier molecular flexibility index (Phi) is 6.02. The van der Waals surface area contributed by atoms with Crippen molar-refractivity contribution >= 4 is 25.7 Å². The highest BCUT2D eigenvalue weighted by Crippen LogP contribution is 2.24. The van der Waals surface area contributed by atoms with Crippen molar-refractivity contribution in [2.45, 2.75) is 44.9 Å². The molecule has 0 saturated heterocycles. The van der Waals surface area contributed by atoms with Crippen molar-refractivity contribution in [1.82, 2.24) is 0 Å². The first-order valence-corrected chi connectivity index (χ1v) is 8.81. The maximum Gasteiger partial charge on any atom is 0.338 e. The summed E-state index contributed by atoms with van der Waals surface area (Å²) in [6.07, 6.45) is 2.82. The molecular formula is C14H19ClO4S. The summed E-state index contributed by atoms with van der Waals surface area (Å²) in [6, 6.07) is 2.91. The molecule has 20 heavy (non-hydrogen) atoms. The van der Waals surface area contributed by atoms with Crippen molar-refractivity contribution in [3.8, 4) is 0 Å². The van der Waals surface area contributed by atoms with E-state index in [-0.39, 0.29) is 10.5 Å². The number of aryl methyl sites for hydroxylation is 2. The molecule has 0 spiro atoms. The summed E-state index contributed by atoms with van der Waals surface area (Å²) >= 11 is 0. The summed E-state index contributed by atoms with van der Waals surface area (Å²) in [5.74, 6) is -0.514. The lowest BCUT2D eigenvalue weighted by molar-refractivity contribution is 0.0497. The Labute approximate surface area is 124 Å². The average molecular weight is 319 g/mol. The zero-order chi connectivity index (χ0) is 15.3. The number of benzene rings is 1. The molecule has 0 atom stereocenters. The molecule has 0 saturated carbocycles. The number of hydrogen-bond acceptors (Lipinski definition) is 4. The SMILES string of the molecule is CCCCCOC(=O)c1cc(S(=O)(=O)Cl)c(C)cc1C. The molecule has 0 bridgehead atoms. The molecule has 1 aromatic carbocycles. The lowest BCUT2D eigenvalue weighted by Gasteiger charge is -2.10. The molecule has 112 valence electrons. The van der Waals surface area contributed by atoms with Gasteiger partial charge < -0.3 is 4.74 Å². The van der Waals surface area contributed by atoms with E-state index in [1.165, 1.54) is 6.07 Å². The summed E-state index contributed by atoms with van der Waals surface area (Å²) in [5.41, 5.74) is 1.43. The van der Waals surface area contributed by atoms with Gasteiger partial charge in [0.25, 0.3) is 9.05 Å². The zero-order valence-electron chi connectivity index (χ0n) is 11.9. The quantitative estimate of drug-likeness (QED) is 0.457. The summed E-state index contributed by atoms with van der Waals surface area (Å²) < 4.78 is 28.0. The van der Waals surface area contributed by atoms with Crippen LogP contribution in [0, 0.1) is 13.8 Å². The predicted molar refractivity (Wildman–Crippen MR) is 78.8 cm³/mol. The molecule has 0 unspecified atom stereocenters. The molecule has 0 aliphatic heterocycles. The van der Waals surface area contributed by atoms with Crippen molar-refractivity contribution in [1.29, 1.82) is 0 Å². The van der Waals surface area contributed by atoms with E-state index in [1.54, 1.807) is 19.9 Å². The van der Waals surface area contributed by atoms with Crippen LogP contribution in [-0.2, 0) is 13.8 Å². The second-order valence-corrected chi connectivity index (χ2v) is 7.25. The Bertz CT molecular complexity index is 593. The van der Waals surface area contributed by atoms with Gasteiger partial charge in [-0.25, -0.2) is 13.2 Å². The minimum atomic E-state index is -3.87. The van der Waals surface area contributed by atoms with Crippen molar-refractivity contribution < 1.29 is 17.9 Å². The number of halogens is 1. The van der Waals surface area contributed by atoms with Gasteiger partial charge in [-0.05, 0) is 37.5 Å². The monoisotopic (exact) mass is 318 g/mol. The van der Waals surface area contributed by atoms with E-state index in [2.05, 4.69) is 6.92 Å². The fraction of sp³-hybridized carbons (Fsp3) is 0.500. The maximum absolute atomic E-state index is 12.0. The van der Waals surface area contributed by atoms with Crippen LogP contribution in [0.15, 0.2) is 17.0 Å². The lowest BCUT2D eigenvalue weighted by atomic mass is 10.1. The highest BCUT2D eigenvalue weighted by Gasteiger charge is 2.19. The molecule has 0 heterocycles. The Morgan fingerprint density at radius 1 is 1.20 bits per heavy atom. The third kappa shape index (κ3) is 4.49. The van der Waals surface area contributed by atoms with Crippen LogP contribution in [0.3, 0.4) is 0 Å². The number of carbonyl (C=O) groups is 1. The Morgan fingerprint density at radius 3 is 2.40 bits per heavy atom. The Hall–Kier alpha value is -1.07. The Balaban J connectivity index is 2.98. The molecule has 0 aliphatic carbocycles. The third-order valence-corrected chi connectivity index (χ3v) is 4.45. The summed E-state index contributed by atoms with van der Waals surface area (Å²) in [6.45, 7) is 5.77. The smallest absolute Gasteiger partial charge is 0.338 e. The molecule has 4 nitrogen and oxygen atoms in total. The fourth-order valence-corrected chi connectivity index (χ4v) is 3.11. The summed E-state index contributed by atoms with van der Waals surface area (Å²) in [5, 5.41) is 0. The standard InChI is InChI=1S/C14H19ClO4S/c1-4-5-6-7-19-14(16)12-9-13(20(15,17)18)11(3)8-10(12)2/h8-9H,4-7H2,1-3H3. The van der Waals surface area contributed by atoms with E-state index in [1.807, 2.05) is 0 Å². The molecular weight excluding hydrogens is 300 g/mol. The van der Waals surface area contributed by atoms with Gasteiger partial charge in [0, 0.05) is 10.7 Å². The van der Waals surface area contributed by atoms with E-state index in [0.717, 1.165) is 19.3 Å². The second kappa shape index (κ2) is 7.09. The van der Waals surface area contributed by atoms with Gasteiger partial charge in [0.1, 0.15) is 0 Å². The van der Waals surface area contributed by atoms with Crippen molar-refractivity contribution in [3.05, 3.63) is 28.8 Å². The number of hydrogen-bond donors (Lipinski definition) is 0. The van der Waals surface area contributed by atoms with E-state index < -0.39 is 15.0 Å². The minimum Gasteiger partial charge on any atom is -0.462 e. The minimum absolute atomic E-state index is 0.0507. The first kappa shape index (κ1) is 17.0. The molecule has 0 radical (unpaired) electrons. The van der Waals surface area contributed by atoms with Crippen LogP contribution in [0.4, 0.5) is 0 Å². The highest BCUT2D eigenvalue weighted by molar-refractivity contribution is 8.13. The van der Waals surface area contributed by atoms with Crippen LogP contribution in [0.2, 0.25) is 0 Å². The molecule has 0 aromatic heterocycles. The number of esters is 1. The number of ether oxygens (including phenoxy) is 1. The molecule has 1 aromatic rings. The molecule has 1 rings (SSSR count). The van der Waals surface area contributed by atoms with Gasteiger partial charge in [-0.15, -0.1) is 0 Å². The predicted octanol–water partition coefficient (Wildman–Crippen LogP) is 3.58. The number of carbonyl (C=O) groups excluding carboxylic acids is 1. The van der Waals surface area contributed by atoms with Gasteiger partial charge in [-0.2, -0.15) is 0 Å². The van der Waals surface area contributed by atoms with Gasteiger partial charge in [-0.1, -0.05) is 25.8 Å². The van der Waals surface area contributed by atoms with E-state index in [0.29, 0.717) is 17.7 Å². The maximum atomic E-state index is 12.0. The molecule has 0 fully saturated rings. The van der Waals surface area contributed by atoms with Crippen LogP contribution in [-0.4, -0.2) is 21.0 Å². The van der Waals surface area contributed by atoms with Crippen LogP contribution >= 0.6 is 10.7 Å². The third-order valence-electron chi connectivity index (χ3n) is 2.99. The second-order valence-electron chi connectivity index (χ2n) is 4.71. The molecule has 0 aliphatic rings. The van der Waals surface area contributed by atoms with E-state index >= 15 is 0 Å². The normalized spacial score (nSPS) is 11.4. The first-order chi connectivity index (χ1) is 9.27. The van der Waals surface area contributed by atoms with Crippen LogP contribution in [0.1, 0.15) is 47.7 Å². The van der Waals surface area contributed by atoms with Gasteiger partial charge in [-0.3, -0.25) is 0 Å². The van der Waals surface area contributed by atoms with Gasteiger partial charge in [0.05, 0.1) is 17.1 Å². The van der Waals surface area contributed by atoms with Crippen LogP contribution < -0.4 is 0 Å². The average Bonchev–Trinajstić information content (AvgIpc) is 2.32. The zero-order valence-corrected chi connectivity index (χ0v) is 13.5. The summed E-state index contributed by atoms with van der Waals surface area (Å²) in [7, 11) is 1.49. The molecule has 0 amide bonds. The topological polar surface area (TPSA) is 60.4 Å². The van der Waals surface area contributed by atoms with Crippen molar-refractivity contribution in [2.24, 2.45) is 0 Å². The van der Waals surface area contributed by atoms with Crippen LogP contribution in [0.25, 0.3) is 0 Å². The van der Waals surface area contributed by atoms with Crippen LogP contribution in [0.5, 0.6) is 0 Å². The fourth-order valence-electron chi connectivity index (χ4n) is 1.91. The van der Waals surface area contributed by atoms with Gasteiger partial charge in [0.2, 0.25) is 0 Å². The first-order valence-electron chi connectivity index (χ1n) is 6.50. The van der Waals surface area contributed by atoms with E-state index in [4.69, 9.17) is 15.4 Å². The van der Waals surface area contributed by atoms with E-state index in [9.17, 15) is 13.2 Å². The largest absolute Gasteiger partial charge is 0.462 e. The number of unbranched alkanes of at least 4 members (excludes halogenated alkanes) is 2. The lowest BCUT2D eigenvalue weighted by Crippen LogP contribution is -2.10. The van der Waals surface area contributed by atoms with Gasteiger partial charge in [0.15, 0.2) is 0 Å². The van der Waals surface area contributed by atoms with Crippen molar-refractivity contribution in [2.75, 3.05) is 6.61 Å². The highest BCUT2D eigenvalue weighted by atomic mass is 35.7. The van der Waals surface area contributed by atoms with Gasteiger partial charge >= 0.3 is 5.97 Å². The molecule has 0 N–H and O–H groups in total.